The Labute approximate surface area is 98.5 Å². The van der Waals surface area contributed by atoms with Crippen molar-refractivity contribution >= 4 is 22.0 Å². The van der Waals surface area contributed by atoms with Crippen molar-refractivity contribution in [2.24, 2.45) is 0 Å². The molecule has 1 rings (SSSR count). The Balaban J connectivity index is 2.72. The van der Waals surface area contributed by atoms with Crippen LogP contribution in [0, 0.1) is 5.82 Å². The van der Waals surface area contributed by atoms with Gasteiger partial charge < -0.3 is 5.32 Å². The molecule has 0 amide bonds. The molecule has 0 aromatic heterocycles. The lowest BCUT2D eigenvalue weighted by molar-refractivity contribution is 0.627. The number of halogens is 2. The van der Waals surface area contributed by atoms with Crippen LogP contribution in [0.3, 0.4) is 0 Å². The summed E-state index contributed by atoms with van der Waals surface area (Å²) in [6.45, 7) is 5.09. The Morgan fingerprint density at radius 1 is 1.53 bits per heavy atom. The lowest BCUT2D eigenvalue weighted by atomic mass is 10.2. The molecule has 15 heavy (non-hydrogen) atoms. The molecule has 0 radical (unpaired) electrons. The van der Waals surface area contributed by atoms with Crippen molar-refractivity contribution in [3.8, 4) is 0 Å². The van der Waals surface area contributed by atoms with Crippen molar-refractivity contribution in [3.05, 3.63) is 40.1 Å². The minimum Gasteiger partial charge on any atom is -0.311 e. The SMILES string of the molecule is CCNC(C)/C=C/c1ccc(F)cc1Br. The van der Waals surface area contributed by atoms with Gasteiger partial charge in [0.1, 0.15) is 5.82 Å². The summed E-state index contributed by atoms with van der Waals surface area (Å²) in [5.41, 5.74) is 0.987. The van der Waals surface area contributed by atoms with Gasteiger partial charge in [-0.3, -0.25) is 0 Å². The van der Waals surface area contributed by atoms with E-state index in [1.807, 2.05) is 6.08 Å². The van der Waals surface area contributed by atoms with Crippen LogP contribution < -0.4 is 5.32 Å². The number of benzene rings is 1. The smallest absolute Gasteiger partial charge is 0.124 e. The summed E-state index contributed by atoms with van der Waals surface area (Å²) < 4.78 is 13.6. The Kier molecular flexibility index (Phi) is 4.99. The molecule has 82 valence electrons. The number of nitrogens with one attached hydrogen (secondary N) is 1. The van der Waals surface area contributed by atoms with E-state index in [0.717, 1.165) is 16.6 Å². The Bertz CT molecular complexity index is 349. The first-order valence-electron chi connectivity index (χ1n) is 5.00. The van der Waals surface area contributed by atoms with Crippen molar-refractivity contribution in [2.45, 2.75) is 19.9 Å². The molecule has 1 aromatic rings. The predicted octanol–water partition coefficient (Wildman–Crippen LogP) is 3.60. The van der Waals surface area contributed by atoms with Crippen LogP contribution in [0.15, 0.2) is 28.7 Å². The number of hydrogen-bond donors (Lipinski definition) is 1. The van der Waals surface area contributed by atoms with Crippen LogP contribution in [0.5, 0.6) is 0 Å². The van der Waals surface area contributed by atoms with Crippen LogP contribution in [0.25, 0.3) is 6.08 Å². The normalized spacial score (nSPS) is 13.3. The molecule has 1 atom stereocenters. The molecule has 0 aliphatic rings. The lowest BCUT2D eigenvalue weighted by Crippen LogP contribution is -2.22. The van der Waals surface area contributed by atoms with Gasteiger partial charge >= 0.3 is 0 Å². The molecular weight excluding hydrogens is 257 g/mol. The quantitative estimate of drug-likeness (QED) is 0.883. The van der Waals surface area contributed by atoms with Gasteiger partial charge in [-0.1, -0.05) is 41.1 Å². The molecule has 0 spiro atoms. The highest BCUT2D eigenvalue weighted by molar-refractivity contribution is 9.10. The highest BCUT2D eigenvalue weighted by Gasteiger charge is 1.98. The minimum atomic E-state index is -0.223. The predicted molar refractivity (Wildman–Crippen MR) is 66.3 cm³/mol. The molecule has 0 saturated carbocycles. The van der Waals surface area contributed by atoms with Crippen molar-refractivity contribution in [2.75, 3.05) is 6.54 Å². The molecule has 0 heterocycles. The second kappa shape index (κ2) is 6.03. The average Bonchev–Trinajstić information content (AvgIpc) is 2.17. The Morgan fingerprint density at radius 3 is 2.87 bits per heavy atom. The summed E-state index contributed by atoms with van der Waals surface area (Å²) in [6, 6.07) is 5.01. The molecular formula is C12H15BrFN. The standard InChI is InChI=1S/C12H15BrFN/c1-3-15-9(2)4-5-10-6-7-11(14)8-12(10)13/h4-9,15H,3H2,1-2H3/b5-4+. The van der Waals surface area contributed by atoms with Crippen LogP contribution in [0.1, 0.15) is 19.4 Å². The summed E-state index contributed by atoms with van der Waals surface area (Å²) in [4.78, 5) is 0. The largest absolute Gasteiger partial charge is 0.311 e. The van der Waals surface area contributed by atoms with E-state index in [-0.39, 0.29) is 5.82 Å². The van der Waals surface area contributed by atoms with E-state index >= 15 is 0 Å². The fourth-order valence-electron chi connectivity index (χ4n) is 1.27. The van der Waals surface area contributed by atoms with E-state index in [9.17, 15) is 4.39 Å². The zero-order valence-corrected chi connectivity index (χ0v) is 10.5. The van der Waals surface area contributed by atoms with Gasteiger partial charge in [-0.2, -0.15) is 0 Å². The highest BCUT2D eigenvalue weighted by Crippen LogP contribution is 2.19. The van der Waals surface area contributed by atoms with E-state index in [1.54, 1.807) is 6.07 Å². The van der Waals surface area contributed by atoms with Gasteiger partial charge in [0.2, 0.25) is 0 Å². The maximum Gasteiger partial charge on any atom is 0.124 e. The monoisotopic (exact) mass is 271 g/mol. The fraction of sp³-hybridized carbons (Fsp3) is 0.333. The number of rotatable bonds is 4. The summed E-state index contributed by atoms with van der Waals surface area (Å²) in [5, 5.41) is 3.27. The van der Waals surface area contributed by atoms with Gasteiger partial charge in [0, 0.05) is 10.5 Å². The second-order valence-corrected chi connectivity index (χ2v) is 4.23. The molecule has 0 aliphatic heterocycles. The molecule has 0 bridgehead atoms. The number of hydrogen-bond acceptors (Lipinski definition) is 1. The Hall–Kier alpha value is -0.670. The van der Waals surface area contributed by atoms with E-state index in [1.165, 1.54) is 12.1 Å². The zero-order valence-electron chi connectivity index (χ0n) is 8.93. The van der Waals surface area contributed by atoms with Crippen LogP contribution in [0.4, 0.5) is 4.39 Å². The molecule has 3 heteroatoms. The van der Waals surface area contributed by atoms with Crippen molar-refractivity contribution in [3.63, 3.8) is 0 Å². The third-order valence-corrected chi connectivity index (χ3v) is 2.74. The van der Waals surface area contributed by atoms with Gasteiger partial charge in [0.05, 0.1) is 0 Å². The first-order chi connectivity index (χ1) is 7.13. The summed E-state index contributed by atoms with van der Waals surface area (Å²) in [7, 11) is 0. The van der Waals surface area contributed by atoms with Crippen molar-refractivity contribution < 1.29 is 4.39 Å². The summed E-state index contributed by atoms with van der Waals surface area (Å²) in [5.74, 6) is -0.223. The second-order valence-electron chi connectivity index (χ2n) is 3.37. The molecule has 0 aliphatic carbocycles. The molecule has 1 N–H and O–H groups in total. The van der Waals surface area contributed by atoms with Crippen LogP contribution in [-0.2, 0) is 0 Å². The highest BCUT2D eigenvalue weighted by atomic mass is 79.9. The molecule has 1 nitrogen and oxygen atoms in total. The average molecular weight is 272 g/mol. The Morgan fingerprint density at radius 2 is 2.27 bits per heavy atom. The first-order valence-corrected chi connectivity index (χ1v) is 5.79. The van der Waals surface area contributed by atoms with E-state index in [0.29, 0.717) is 6.04 Å². The van der Waals surface area contributed by atoms with Gasteiger partial charge in [0.25, 0.3) is 0 Å². The molecule has 1 aromatic carbocycles. The van der Waals surface area contributed by atoms with Crippen molar-refractivity contribution in [1.82, 2.24) is 5.32 Å². The molecule has 0 fully saturated rings. The zero-order chi connectivity index (χ0) is 11.3. The fourth-order valence-corrected chi connectivity index (χ4v) is 1.76. The third kappa shape index (κ3) is 4.14. The van der Waals surface area contributed by atoms with Crippen molar-refractivity contribution in [1.29, 1.82) is 0 Å². The van der Waals surface area contributed by atoms with Crippen LogP contribution >= 0.6 is 15.9 Å². The van der Waals surface area contributed by atoms with Gasteiger partial charge in [-0.25, -0.2) is 4.39 Å². The lowest BCUT2D eigenvalue weighted by Gasteiger charge is -2.06. The van der Waals surface area contributed by atoms with E-state index in [4.69, 9.17) is 0 Å². The minimum absolute atomic E-state index is 0.223. The van der Waals surface area contributed by atoms with Crippen LogP contribution in [-0.4, -0.2) is 12.6 Å². The van der Waals surface area contributed by atoms with Gasteiger partial charge in [0.15, 0.2) is 0 Å². The third-order valence-electron chi connectivity index (χ3n) is 2.05. The molecule has 1 unspecified atom stereocenters. The summed E-state index contributed by atoms with van der Waals surface area (Å²) in [6.07, 6.45) is 4.04. The van der Waals surface area contributed by atoms with Gasteiger partial charge in [-0.05, 0) is 31.2 Å². The topological polar surface area (TPSA) is 12.0 Å². The first kappa shape index (κ1) is 12.4. The maximum absolute atomic E-state index is 12.8. The van der Waals surface area contributed by atoms with E-state index in [2.05, 4.69) is 41.2 Å². The number of likely N-dealkylation sites (N-methyl/N-ethyl adjacent to an activating group) is 1. The summed E-state index contributed by atoms with van der Waals surface area (Å²) >= 11 is 3.32. The maximum atomic E-state index is 12.8. The van der Waals surface area contributed by atoms with Gasteiger partial charge in [-0.15, -0.1) is 0 Å². The van der Waals surface area contributed by atoms with Crippen LogP contribution in [0.2, 0.25) is 0 Å². The molecule has 0 saturated heterocycles. The van der Waals surface area contributed by atoms with E-state index < -0.39 is 0 Å².